The van der Waals surface area contributed by atoms with Crippen LogP contribution in [0.1, 0.15) is 61.9 Å². The smallest absolute Gasteiger partial charge is 0.254 e. The van der Waals surface area contributed by atoms with Gasteiger partial charge in [-0.3, -0.25) is 4.79 Å². The van der Waals surface area contributed by atoms with Crippen molar-refractivity contribution in [3.63, 3.8) is 0 Å². The first-order chi connectivity index (χ1) is 17.0. The second kappa shape index (κ2) is 12.8. The van der Waals surface area contributed by atoms with Crippen molar-refractivity contribution in [3.8, 4) is 17.2 Å². The lowest BCUT2D eigenvalue weighted by molar-refractivity contribution is 0.0780. The number of ether oxygens (including phenoxy) is 3. The number of amides is 1. The summed E-state index contributed by atoms with van der Waals surface area (Å²) in [5.41, 5.74) is 1.83. The molecule has 0 saturated carbocycles. The van der Waals surface area contributed by atoms with Crippen molar-refractivity contribution in [2.24, 2.45) is 0 Å². The van der Waals surface area contributed by atoms with E-state index in [0.29, 0.717) is 29.4 Å². The van der Waals surface area contributed by atoms with Gasteiger partial charge in [0.25, 0.3) is 5.91 Å². The van der Waals surface area contributed by atoms with Crippen molar-refractivity contribution in [2.45, 2.75) is 51.4 Å². The van der Waals surface area contributed by atoms with E-state index in [9.17, 15) is 4.79 Å². The summed E-state index contributed by atoms with van der Waals surface area (Å²) < 4.78 is 16.4. The van der Waals surface area contributed by atoms with E-state index in [0.717, 1.165) is 45.4 Å². The van der Waals surface area contributed by atoms with E-state index in [4.69, 9.17) is 14.2 Å². The largest absolute Gasteiger partial charge is 0.493 e. The van der Waals surface area contributed by atoms with Crippen LogP contribution in [0.3, 0.4) is 0 Å². The van der Waals surface area contributed by atoms with Crippen LogP contribution in [0.15, 0.2) is 42.5 Å². The van der Waals surface area contributed by atoms with Crippen LogP contribution in [0.4, 0.5) is 0 Å². The van der Waals surface area contributed by atoms with Crippen LogP contribution < -0.4 is 14.2 Å². The Bertz CT molecular complexity index is 924. The van der Waals surface area contributed by atoms with Crippen molar-refractivity contribution >= 4 is 5.91 Å². The third-order valence-corrected chi connectivity index (χ3v) is 7.21. The number of hydrogen-bond acceptors (Lipinski definition) is 5. The van der Waals surface area contributed by atoms with E-state index in [2.05, 4.69) is 49.1 Å². The van der Waals surface area contributed by atoms with E-state index in [1.165, 1.54) is 18.4 Å². The molecule has 0 N–H and O–H groups in total. The van der Waals surface area contributed by atoms with E-state index in [1.54, 1.807) is 33.5 Å². The molecular weight excluding hydrogens is 440 g/mol. The lowest BCUT2D eigenvalue weighted by Crippen LogP contribution is -2.38. The van der Waals surface area contributed by atoms with E-state index < -0.39 is 0 Å². The highest BCUT2D eigenvalue weighted by Gasteiger charge is 2.41. The molecule has 2 aromatic rings. The van der Waals surface area contributed by atoms with Crippen LogP contribution in [0.25, 0.3) is 0 Å². The summed E-state index contributed by atoms with van der Waals surface area (Å²) in [6.07, 6.45) is 5.60. The first-order valence-corrected chi connectivity index (χ1v) is 12.9. The van der Waals surface area contributed by atoms with Crippen molar-refractivity contribution in [1.29, 1.82) is 0 Å². The average Bonchev–Trinajstić information content (AvgIpc) is 3.35. The van der Waals surface area contributed by atoms with Crippen molar-refractivity contribution in [1.82, 2.24) is 9.80 Å². The van der Waals surface area contributed by atoms with E-state index in [1.807, 2.05) is 4.90 Å². The van der Waals surface area contributed by atoms with E-state index >= 15 is 0 Å². The zero-order valence-electron chi connectivity index (χ0n) is 22.1. The molecule has 1 aliphatic heterocycles. The molecule has 35 heavy (non-hydrogen) atoms. The Labute approximate surface area is 211 Å². The van der Waals surface area contributed by atoms with Crippen LogP contribution in [-0.2, 0) is 5.41 Å². The predicted octanol–water partition coefficient (Wildman–Crippen LogP) is 5.40. The van der Waals surface area contributed by atoms with Crippen LogP contribution in [0.5, 0.6) is 17.2 Å². The Balaban J connectivity index is 1.85. The van der Waals surface area contributed by atoms with Gasteiger partial charge >= 0.3 is 0 Å². The van der Waals surface area contributed by atoms with Gasteiger partial charge in [-0.25, -0.2) is 0 Å². The molecule has 1 aliphatic rings. The summed E-state index contributed by atoms with van der Waals surface area (Å²) in [5.74, 6) is 1.48. The Hall–Kier alpha value is -2.73. The van der Waals surface area contributed by atoms with E-state index in [-0.39, 0.29) is 11.3 Å². The Morgan fingerprint density at radius 3 is 2.20 bits per heavy atom. The highest BCUT2D eigenvalue weighted by Crippen LogP contribution is 2.41. The van der Waals surface area contributed by atoms with Crippen molar-refractivity contribution < 1.29 is 19.0 Å². The Morgan fingerprint density at radius 2 is 1.63 bits per heavy atom. The Kier molecular flexibility index (Phi) is 9.84. The topological polar surface area (TPSA) is 51.2 Å². The number of likely N-dealkylation sites (tertiary alicyclic amines) is 1. The first-order valence-electron chi connectivity index (χ1n) is 12.9. The third-order valence-electron chi connectivity index (χ3n) is 7.21. The number of methoxy groups -OCH3 is 3. The summed E-state index contributed by atoms with van der Waals surface area (Å²) in [5, 5.41) is 0. The van der Waals surface area contributed by atoms with Gasteiger partial charge in [-0.05, 0) is 63.0 Å². The van der Waals surface area contributed by atoms with Crippen molar-refractivity contribution in [3.05, 3.63) is 53.6 Å². The molecule has 192 valence electrons. The predicted molar refractivity (Wildman–Crippen MR) is 141 cm³/mol. The van der Waals surface area contributed by atoms with Gasteiger partial charge in [-0.2, -0.15) is 0 Å². The molecule has 0 bridgehead atoms. The molecule has 0 aromatic heterocycles. The van der Waals surface area contributed by atoms with Gasteiger partial charge in [0, 0.05) is 24.1 Å². The maximum absolute atomic E-state index is 13.6. The fourth-order valence-corrected chi connectivity index (χ4v) is 5.21. The molecule has 6 nitrogen and oxygen atoms in total. The zero-order chi connectivity index (χ0) is 25.3. The summed E-state index contributed by atoms with van der Waals surface area (Å²) in [4.78, 5) is 18.2. The number of carbonyl (C=O) groups is 1. The number of benzene rings is 2. The SMILES string of the molecule is CCCCN(CCC)CCC1(c2ccccc2)CCN(C(=O)c2cc(OC)c(OC)c(OC)c2)C1. The number of rotatable bonds is 13. The molecule has 1 heterocycles. The maximum atomic E-state index is 13.6. The molecule has 1 saturated heterocycles. The fourth-order valence-electron chi connectivity index (χ4n) is 5.21. The monoisotopic (exact) mass is 482 g/mol. The van der Waals surface area contributed by atoms with Gasteiger partial charge in [-0.1, -0.05) is 50.6 Å². The standard InChI is InChI=1S/C29H42N2O4/c1-6-8-17-30(16-7-2)18-14-29(24-12-10-9-11-13-24)15-19-31(22-29)28(32)23-20-25(33-3)27(35-5)26(21-23)34-4/h9-13,20-21H,6-8,14-19,22H2,1-5H3. The molecule has 1 unspecified atom stereocenters. The molecular formula is C29H42N2O4. The number of hydrogen-bond donors (Lipinski definition) is 0. The van der Waals surface area contributed by atoms with Crippen molar-refractivity contribution in [2.75, 3.05) is 54.1 Å². The lowest BCUT2D eigenvalue weighted by atomic mass is 9.76. The minimum atomic E-state index is -0.0459. The quantitative estimate of drug-likeness (QED) is 0.383. The third kappa shape index (κ3) is 6.29. The second-order valence-electron chi connectivity index (χ2n) is 9.48. The zero-order valence-corrected chi connectivity index (χ0v) is 22.1. The van der Waals surface area contributed by atoms with Gasteiger partial charge in [0.2, 0.25) is 5.75 Å². The molecule has 1 atom stereocenters. The lowest BCUT2D eigenvalue weighted by Gasteiger charge is -2.33. The number of unbranched alkanes of at least 4 members (excludes halogenated alkanes) is 1. The molecule has 0 spiro atoms. The minimum Gasteiger partial charge on any atom is -0.493 e. The van der Waals surface area contributed by atoms with Gasteiger partial charge in [-0.15, -0.1) is 0 Å². The molecule has 6 heteroatoms. The van der Waals surface area contributed by atoms with Gasteiger partial charge in [0.15, 0.2) is 11.5 Å². The molecule has 1 fully saturated rings. The minimum absolute atomic E-state index is 0.00143. The highest BCUT2D eigenvalue weighted by atomic mass is 16.5. The molecule has 1 amide bonds. The summed E-state index contributed by atoms with van der Waals surface area (Å²) in [6, 6.07) is 14.2. The molecule has 3 rings (SSSR count). The Morgan fingerprint density at radius 1 is 0.943 bits per heavy atom. The normalized spacial score (nSPS) is 17.6. The second-order valence-corrected chi connectivity index (χ2v) is 9.48. The van der Waals surface area contributed by atoms with Crippen LogP contribution in [0.2, 0.25) is 0 Å². The maximum Gasteiger partial charge on any atom is 0.254 e. The fraction of sp³-hybridized carbons (Fsp3) is 0.552. The summed E-state index contributed by atoms with van der Waals surface area (Å²) >= 11 is 0. The number of nitrogens with zero attached hydrogens (tertiary/aromatic N) is 2. The van der Waals surface area contributed by atoms with Gasteiger partial charge in [0.05, 0.1) is 21.3 Å². The number of carbonyl (C=O) groups excluding carboxylic acids is 1. The summed E-state index contributed by atoms with van der Waals surface area (Å²) in [6.45, 7) is 9.25. The first kappa shape index (κ1) is 26.9. The highest BCUT2D eigenvalue weighted by molar-refractivity contribution is 5.96. The van der Waals surface area contributed by atoms with Gasteiger partial charge in [0.1, 0.15) is 0 Å². The van der Waals surface area contributed by atoms with Crippen LogP contribution in [-0.4, -0.2) is 69.8 Å². The van der Waals surface area contributed by atoms with Gasteiger partial charge < -0.3 is 24.0 Å². The molecule has 2 aromatic carbocycles. The molecule has 0 radical (unpaired) electrons. The molecule has 0 aliphatic carbocycles. The average molecular weight is 483 g/mol. The van der Waals surface area contributed by atoms with Crippen LogP contribution >= 0.6 is 0 Å². The van der Waals surface area contributed by atoms with Crippen LogP contribution in [0, 0.1) is 0 Å². The summed E-state index contributed by atoms with van der Waals surface area (Å²) in [7, 11) is 4.71.